The molecular formula is C17H17NO4S. The molecule has 0 saturated heterocycles. The maximum Gasteiger partial charge on any atom is 0.345 e. The quantitative estimate of drug-likeness (QED) is 0.637. The molecule has 0 N–H and O–H groups in total. The van der Waals surface area contributed by atoms with Gasteiger partial charge in [0.2, 0.25) is 11.3 Å². The van der Waals surface area contributed by atoms with Crippen LogP contribution in [-0.4, -0.2) is 32.5 Å². The molecule has 2 heterocycles. The zero-order valence-corrected chi connectivity index (χ0v) is 14.0. The van der Waals surface area contributed by atoms with E-state index in [4.69, 9.17) is 9.47 Å². The van der Waals surface area contributed by atoms with E-state index in [2.05, 4.69) is 0 Å². The van der Waals surface area contributed by atoms with Crippen LogP contribution in [0, 0.1) is 0 Å². The van der Waals surface area contributed by atoms with Gasteiger partial charge in [-0.3, -0.25) is 4.79 Å². The van der Waals surface area contributed by atoms with E-state index in [1.165, 1.54) is 11.3 Å². The van der Waals surface area contributed by atoms with E-state index >= 15 is 0 Å². The highest BCUT2D eigenvalue weighted by Crippen LogP contribution is 2.47. The number of ether oxygens (including phenoxy) is 2. The van der Waals surface area contributed by atoms with E-state index in [-0.39, 0.29) is 12.4 Å². The number of carbonyl (C=O) groups excluding carboxylic acids is 2. The number of ketones is 1. The summed E-state index contributed by atoms with van der Waals surface area (Å²) >= 11 is 1.37. The Morgan fingerprint density at radius 2 is 2.13 bits per heavy atom. The van der Waals surface area contributed by atoms with Crippen molar-refractivity contribution in [1.29, 1.82) is 0 Å². The van der Waals surface area contributed by atoms with Crippen molar-refractivity contribution in [2.45, 2.75) is 12.5 Å². The number of hydrogen-bond donors (Lipinski definition) is 0. The highest BCUT2D eigenvalue weighted by atomic mass is 32.1. The molecule has 1 aliphatic heterocycles. The average Bonchev–Trinajstić information content (AvgIpc) is 3.15. The smallest absolute Gasteiger partial charge is 0.345 e. The third-order valence-electron chi connectivity index (χ3n) is 4.09. The first-order valence-corrected chi connectivity index (χ1v) is 8.13. The Hall–Kier alpha value is -2.34. The van der Waals surface area contributed by atoms with Gasteiger partial charge < -0.3 is 14.4 Å². The molecule has 0 bridgehead atoms. The number of anilines is 1. The lowest BCUT2D eigenvalue weighted by molar-refractivity contribution is -0.147. The predicted octanol–water partition coefficient (Wildman–Crippen LogP) is 2.85. The number of benzene rings is 1. The Bertz CT molecular complexity index is 756. The minimum atomic E-state index is -1.46. The predicted molar refractivity (Wildman–Crippen MR) is 88.4 cm³/mol. The largest absolute Gasteiger partial charge is 0.497 e. The van der Waals surface area contributed by atoms with E-state index in [1.807, 2.05) is 11.4 Å². The number of hydrogen-bond acceptors (Lipinski definition) is 6. The highest BCUT2D eigenvalue weighted by molar-refractivity contribution is 7.10. The van der Waals surface area contributed by atoms with E-state index in [9.17, 15) is 9.59 Å². The van der Waals surface area contributed by atoms with Crippen LogP contribution in [0.1, 0.15) is 22.2 Å². The van der Waals surface area contributed by atoms with Gasteiger partial charge in [0.05, 0.1) is 19.4 Å². The molecule has 5 nitrogen and oxygen atoms in total. The molecule has 3 rings (SSSR count). The van der Waals surface area contributed by atoms with Crippen molar-refractivity contribution >= 4 is 28.8 Å². The number of fused-ring (bicyclic) bond motifs is 1. The molecule has 1 aliphatic rings. The molecule has 0 amide bonds. The Morgan fingerprint density at radius 1 is 1.35 bits per heavy atom. The van der Waals surface area contributed by atoms with E-state index < -0.39 is 11.5 Å². The fraction of sp³-hybridized carbons (Fsp3) is 0.294. The van der Waals surface area contributed by atoms with Gasteiger partial charge in [0.1, 0.15) is 5.75 Å². The van der Waals surface area contributed by atoms with E-state index in [0.717, 1.165) is 0 Å². The standard InChI is InChI=1S/C17H17NO4S/c1-4-22-16(20)17(14-6-5-9-23-14)15(19)12-8-7-11(21-3)10-13(12)18(17)2/h5-10H,4H2,1-3H3/t17-/m1/s1. The normalized spacial score (nSPS) is 19.6. The molecule has 0 unspecified atom stereocenters. The summed E-state index contributed by atoms with van der Waals surface area (Å²) in [5.41, 5.74) is -0.302. The fourth-order valence-electron chi connectivity index (χ4n) is 2.96. The van der Waals surface area contributed by atoms with E-state index in [1.54, 1.807) is 50.2 Å². The van der Waals surface area contributed by atoms with Crippen LogP contribution in [0.3, 0.4) is 0 Å². The summed E-state index contributed by atoms with van der Waals surface area (Å²) in [4.78, 5) is 28.3. The Labute approximate surface area is 138 Å². The summed E-state index contributed by atoms with van der Waals surface area (Å²) in [6, 6.07) is 8.80. The van der Waals surface area contributed by atoms with Crippen LogP contribution in [-0.2, 0) is 15.1 Å². The number of carbonyl (C=O) groups is 2. The molecule has 120 valence electrons. The van der Waals surface area contributed by atoms with Gasteiger partial charge in [0.15, 0.2) is 0 Å². The molecule has 0 aliphatic carbocycles. The van der Waals surface area contributed by atoms with E-state index in [0.29, 0.717) is 21.9 Å². The van der Waals surface area contributed by atoms with Gasteiger partial charge >= 0.3 is 5.97 Å². The fourth-order valence-corrected chi connectivity index (χ4v) is 3.91. The van der Waals surface area contributed by atoms with Gasteiger partial charge in [-0.2, -0.15) is 0 Å². The SMILES string of the molecule is CCOC(=O)[C@@]1(c2cccs2)C(=O)c2ccc(OC)cc2N1C. The molecule has 0 fully saturated rings. The third kappa shape index (κ3) is 2.05. The number of rotatable bonds is 4. The topological polar surface area (TPSA) is 55.8 Å². The summed E-state index contributed by atoms with van der Waals surface area (Å²) < 4.78 is 10.5. The summed E-state index contributed by atoms with van der Waals surface area (Å²) in [7, 11) is 3.30. The van der Waals surface area contributed by atoms with Crippen LogP contribution < -0.4 is 9.64 Å². The van der Waals surface area contributed by atoms with Crippen LogP contribution in [0.15, 0.2) is 35.7 Å². The van der Waals surface area contributed by atoms with Crippen molar-refractivity contribution in [3.63, 3.8) is 0 Å². The third-order valence-corrected chi connectivity index (χ3v) is 5.07. The van der Waals surface area contributed by atoms with Crippen molar-refractivity contribution in [3.8, 4) is 5.75 Å². The van der Waals surface area contributed by atoms with Gasteiger partial charge in [0.25, 0.3) is 0 Å². The Kier molecular flexibility index (Phi) is 3.85. The lowest BCUT2D eigenvalue weighted by Gasteiger charge is -2.32. The summed E-state index contributed by atoms with van der Waals surface area (Å²) in [5.74, 6) is -0.182. The zero-order chi connectivity index (χ0) is 16.6. The van der Waals surface area contributed by atoms with Crippen LogP contribution >= 0.6 is 11.3 Å². The maximum absolute atomic E-state index is 13.2. The van der Waals surface area contributed by atoms with Crippen molar-refractivity contribution in [3.05, 3.63) is 46.2 Å². The lowest BCUT2D eigenvalue weighted by Crippen LogP contribution is -2.52. The number of esters is 1. The van der Waals surface area contributed by atoms with Gasteiger partial charge in [-0.15, -0.1) is 11.3 Å². The highest BCUT2D eigenvalue weighted by Gasteiger charge is 2.58. The second kappa shape index (κ2) is 5.70. The molecule has 0 saturated carbocycles. The van der Waals surface area contributed by atoms with Crippen molar-refractivity contribution in [2.75, 3.05) is 25.7 Å². The molecule has 1 aromatic heterocycles. The second-order valence-corrected chi connectivity index (χ2v) is 6.13. The number of Topliss-reactive ketones (excluding diaryl/α,β-unsaturated/α-hetero) is 1. The van der Waals surface area contributed by atoms with Gasteiger partial charge in [-0.1, -0.05) is 6.07 Å². The zero-order valence-electron chi connectivity index (χ0n) is 13.2. The minimum absolute atomic E-state index is 0.215. The van der Waals surface area contributed by atoms with Crippen molar-refractivity contribution in [2.24, 2.45) is 0 Å². The summed E-state index contributed by atoms with van der Waals surface area (Å²) in [5, 5.41) is 1.85. The molecule has 23 heavy (non-hydrogen) atoms. The first-order chi connectivity index (χ1) is 11.1. The maximum atomic E-state index is 13.2. The number of thiophene rings is 1. The molecule has 0 spiro atoms. The van der Waals surface area contributed by atoms with Crippen LogP contribution in [0.25, 0.3) is 0 Å². The summed E-state index contributed by atoms with van der Waals surface area (Å²) in [6.45, 7) is 1.95. The number of methoxy groups -OCH3 is 1. The van der Waals surface area contributed by atoms with Crippen LogP contribution in [0.5, 0.6) is 5.75 Å². The number of nitrogens with zero attached hydrogens (tertiary/aromatic N) is 1. The molecule has 6 heteroatoms. The first kappa shape index (κ1) is 15.6. The molecule has 0 radical (unpaired) electrons. The van der Waals surface area contributed by atoms with Crippen LogP contribution in [0.2, 0.25) is 0 Å². The Balaban J connectivity index is 2.22. The Morgan fingerprint density at radius 3 is 2.74 bits per heavy atom. The molecule has 1 atom stereocenters. The molecule has 1 aromatic carbocycles. The second-order valence-electron chi connectivity index (χ2n) is 5.18. The van der Waals surface area contributed by atoms with Crippen LogP contribution in [0.4, 0.5) is 5.69 Å². The van der Waals surface area contributed by atoms with Gasteiger partial charge in [-0.05, 0) is 30.5 Å². The van der Waals surface area contributed by atoms with Gasteiger partial charge in [0, 0.05) is 23.6 Å². The minimum Gasteiger partial charge on any atom is -0.497 e. The summed E-state index contributed by atoms with van der Waals surface area (Å²) in [6.07, 6.45) is 0. The lowest BCUT2D eigenvalue weighted by atomic mass is 9.91. The van der Waals surface area contributed by atoms with Gasteiger partial charge in [-0.25, -0.2) is 4.79 Å². The molecule has 2 aromatic rings. The number of likely N-dealkylation sites (N-methyl/N-ethyl adjacent to an activating group) is 1. The average molecular weight is 331 g/mol. The first-order valence-electron chi connectivity index (χ1n) is 7.25. The van der Waals surface area contributed by atoms with Crippen molar-refractivity contribution < 1.29 is 19.1 Å². The monoisotopic (exact) mass is 331 g/mol. The van der Waals surface area contributed by atoms with Crippen molar-refractivity contribution in [1.82, 2.24) is 0 Å². The molecular weight excluding hydrogens is 314 g/mol.